The van der Waals surface area contributed by atoms with Gasteiger partial charge in [-0.3, -0.25) is 13.9 Å². The van der Waals surface area contributed by atoms with E-state index < -0.39 is 28.5 Å². The fourth-order valence-electron chi connectivity index (χ4n) is 5.85. The summed E-state index contributed by atoms with van der Waals surface area (Å²) in [5, 5.41) is 3.63. The molecule has 0 aliphatic heterocycles. The van der Waals surface area contributed by atoms with Gasteiger partial charge in [-0.15, -0.1) is 0 Å². The van der Waals surface area contributed by atoms with E-state index in [1.54, 1.807) is 54.6 Å². The average molecular weight is 674 g/mol. The second-order valence-corrected chi connectivity index (χ2v) is 14.1. The van der Waals surface area contributed by atoms with Crippen LogP contribution >= 0.6 is 11.6 Å². The van der Waals surface area contributed by atoms with Crippen molar-refractivity contribution in [2.45, 2.75) is 62.6 Å². The lowest BCUT2D eigenvalue weighted by Crippen LogP contribution is -2.54. The van der Waals surface area contributed by atoms with E-state index in [9.17, 15) is 18.0 Å². The van der Waals surface area contributed by atoms with Gasteiger partial charge in [0, 0.05) is 24.0 Å². The lowest BCUT2D eigenvalue weighted by atomic mass is 10.0. The molecule has 5 rings (SSSR count). The summed E-state index contributed by atoms with van der Waals surface area (Å²) in [6.07, 6.45) is 4.06. The monoisotopic (exact) mass is 673 g/mol. The second kappa shape index (κ2) is 15.5. The Kier molecular flexibility index (Phi) is 11.2. The van der Waals surface area contributed by atoms with Crippen molar-refractivity contribution in [1.82, 2.24) is 10.2 Å². The van der Waals surface area contributed by atoms with Crippen LogP contribution in [0.3, 0.4) is 0 Å². The zero-order valence-electron chi connectivity index (χ0n) is 26.6. The van der Waals surface area contributed by atoms with E-state index in [1.165, 1.54) is 24.1 Å². The summed E-state index contributed by atoms with van der Waals surface area (Å²) in [4.78, 5) is 30.3. The molecule has 1 aliphatic carbocycles. The Hall–Kier alpha value is -4.34. The lowest BCUT2D eigenvalue weighted by molar-refractivity contribution is -0.140. The first-order chi connectivity index (χ1) is 22.7. The highest BCUT2D eigenvalue weighted by Crippen LogP contribution is 2.28. The highest BCUT2D eigenvalue weighted by Gasteiger charge is 2.35. The van der Waals surface area contributed by atoms with Crippen molar-refractivity contribution in [2.24, 2.45) is 0 Å². The summed E-state index contributed by atoms with van der Waals surface area (Å²) in [7, 11) is -2.68. The number of sulfonamides is 1. The first-order valence-corrected chi connectivity index (χ1v) is 17.6. The fraction of sp³-hybridized carbons (Fsp3) is 0.297. The molecule has 1 saturated carbocycles. The summed E-state index contributed by atoms with van der Waals surface area (Å²) in [6, 6.07) is 28.7. The molecule has 1 N–H and O–H groups in total. The van der Waals surface area contributed by atoms with Gasteiger partial charge in [-0.05, 0) is 73.4 Å². The third-order valence-electron chi connectivity index (χ3n) is 8.52. The Morgan fingerprint density at radius 1 is 0.894 bits per heavy atom. The summed E-state index contributed by atoms with van der Waals surface area (Å²) >= 11 is 6.59. The van der Waals surface area contributed by atoms with Crippen LogP contribution in [0, 0.1) is 6.92 Å². The van der Waals surface area contributed by atoms with Crippen molar-refractivity contribution < 1.29 is 22.7 Å². The van der Waals surface area contributed by atoms with Gasteiger partial charge in [0.05, 0.1) is 17.7 Å². The molecular weight excluding hydrogens is 634 g/mol. The van der Waals surface area contributed by atoms with Crippen LogP contribution < -0.4 is 14.4 Å². The first kappa shape index (κ1) is 34.0. The van der Waals surface area contributed by atoms with E-state index in [0.29, 0.717) is 16.3 Å². The van der Waals surface area contributed by atoms with Gasteiger partial charge in [0.1, 0.15) is 18.3 Å². The molecular formula is C37H40ClN3O5S. The molecule has 0 bridgehead atoms. The zero-order valence-corrected chi connectivity index (χ0v) is 28.2. The van der Waals surface area contributed by atoms with E-state index in [2.05, 4.69) is 5.32 Å². The zero-order chi connectivity index (χ0) is 33.4. The van der Waals surface area contributed by atoms with Crippen molar-refractivity contribution in [3.05, 3.63) is 125 Å². The Balaban J connectivity index is 1.57. The summed E-state index contributed by atoms with van der Waals surface area (Å²) in [5.41, 5.74) is 2.70. The molecule has 0 radical (unpaired) electrons. The number of carbonyl (C=O) groups is 2. The van der Waals surface area contributed by atoms with Crippen molar-refractivity contribution in [1.29, 1.82) is 0 Å². The number of aryl methyl sites for hydroxylation is 1. The molecule has 10 heteroatoms. The number of hydrogen-bond acceptors (Lipinski definition) is 5. The van der Waals surface area contributed by atoms with Crippen LogP contribution in [0.5, 0.6) is 5.75 Å². The Morgan fingerprint density at radius 3 is 2.17 bits per heavy atom. The Morgan fingerprint density at radius 2 is 1.53 bits per heavy atom. The lowest BCUT2D eigenvalue weighted by Gasteiger charge is -2.34. The number of benzene rings is 4. The van der Waals surface area contributed by atoms with Gasteiger partial charge in [-0.25, -0.2) is 8.42 Å². The SMILES string of the molecule is COc1ccc(N(CC(=O)N(Cc2ccccc2Cl)[C@H](Cc2ccccc2)C(=O)NC2CCCC2)S(=O)(=O)c2ccc(C)cc2)cc1. The highest BCUT2D eigenvalue weighted by molar-refractivity contribution is 7.92. The van der Waals surface area contributed by atoms with E-state index >= 15 is 0 Å². The Bertz CT molecular complexity index is 1760. The van der Waals surface area contributed by atoms with Crippen LogP contribution in [-0.4, -0.2) is 50.9 Å². The highest BCUT2D eigenvalue weighted by atomic mass is 35.5. The summed E-state index contributed by atoms with van der Waals surface area (Å²) in [5.74, 6) is -0.280. The smallest absolute Gasteiger partial charge is 0.264 e. The fourth-order valence-corrected chi connectivity index (χ4v) is 7.46. The molecule has 2 amide bonds. The number of nitrogens with zero attached hydrogens (tertiary/aromatic N) is 2. The molecule has 246 valence electrons. The van der Waals surface area contributed by atoms with E-state index in [-0.39, 0.29) is 35.5 Å². The summed E-state index contributed by atoms with van der Waals surface area (Å²) in [6.45, 7) is 1.33. The molecule has 47 heavy (non-hydrogen) atoms. The number of amides is 2. The van der Waals surface area contributed by atoms with Gasteiger partial charge in [-0.2, -0.15) is 0 Å². The number of hydrogen-bond donors (Lipinski definition) is 1. The van der Waals surface area contributed by atoms with Crippen molar-refractivity contribution in [3.63, 3.8) is 0 Å². The average Bonchev–Trinajstić information content (AvgIpc) is 3.59. The minimum absolute atomic E-state index is 0.00905. The van der Waals surface area contributed by atoms with Crippen LogP contribution in [0.1, 0.15) is 42.4 Å². The maximum absolute atomic E-state index is 14.6. The second-order valence-electron chi connectivity index (χ2n) is 11.8. The standard InChI is InChI=1S/C37H40ClN3O5S/c1-27-16-22-33(23-17-27)47(44,45)41(31-18-20-32(46-2)21-19-31)26-36(42)40(25-29-12-6-9-15-34(29)38)35(24-28-10-4-3-5-11-28)37(43)39-30-13-7-8-14-30/h3-6,9-12,15-23,30,35H,7-8,13-14,24-26H2,1-2H3,(H,39,43)/t35-/m1/s1. The number of methoxy groups -OCH3 is 1. The number of rotatable bonds is 13. The largest absolute Gasteiger partial charge is 0.497 e. The predicted molar refractivity (Wildman–Crippen MR) is 185 cm³/mol. The quantitative estimate of drug-likeness (QED) is 0.174. The van der Waals surface area contributed by atoms with Crippen LogP contribution in [0.2, 0.25) is 5.02 Å². The molecule has 8 nitrogen and oxygen atoms in total. The molecule has 1 atom stereocenters. The normalized spacial score (nSPS) is 13.9. The van der Waals surface area contributed by atoms with E-state index in [0.717, 1.165) is 41.1 Å². The van der Waals surface area contributed by atoms with Gasteiger partial charge in [0.15, 0.2) is 0 Å². The van der Waals surface area contributed by atoms with Gasteiger partial charge < -0.3 is 15.0 Å². The number of ether oxygens (including phenoxy) is 1. The van der Waals surface area contributed by atoms with Crippen molar-refractivity contribution >= 4 is 39.1 Å². The van der Waals surface area contributed by atoms with Gasteiger partial charge >= 0.3 is 0 Å². The molecule has 1 aliphatic rings. The number of nitrogens with one attached hydrogen (secondary N) is 1. The first-order valence-electron chi connectivity index (χ1n) is 15.8. The molecule has 1 fully saturated rings. The van der Waals surface area contributed by atoms with Gasteiger partial charge in [-0.1, -0.05) is 90.7 Å². The predicted octanol–water partition coefficient (Wildman–Crippen LogP) is 6.55. The molecule has 0 unspecified atom stereocenters. The number of carbonyl (C=O) groups excluding carboxylic acids is 2. The molecule has 0 aromatic heterocycles. The van der Waals surface area contributed by atoms with E-state index in [1.807, 2.05) is 43.3 Å². The minimum atomic E-state index is -4.21. The molecule has 4 aromatic rings. The van der Waals surface area contributed by atoms with Crippen LogP contribution in [-0.2, 0) is 32.6 Å². The van der Waals surface area contributed by atoms with Crippen LogP contribution in [0.15, 0.2) is 108 Å². The van der Waals surface area contributed by atoms with Gasteiger partial charge in [0.2, 0.25) is 11.8 Å². The maximum Gasteiger partial charge on any atom is 0.264 e. The van der Waals surface area contributed by atoms with Crippen molar-refractivity contribution in [3.8, 4) is 5.75 Å². The van der Waals surface area contributed by atoms with Gasteiger partial charge in [0.25, 0.3) is 10.0 Å². The number of halogens is 1. The van der Waals surface area contributed by atoms with Crippen LogP contribution in [0.25, 0.3) is 0 Å². The maximum atomic E-state index is 14.6. The molecule has 0 saturated heterocycles. The Labute approximate surface area is 282 Å². The molecule has 4 aromatic carbocycles. The molecule has 0 heterocycles. The van der Waals surface area contributed by atoms with Crippen LogP contribution in [0.4, 0.5) is 5.69 Å². The van der Waals surface area contributed by atoms with Crippen molar-refractivity contribution in [2.75, 3.05) is 18.0 Å². The molecule has 0 spiro atoms. The summed E-state index contributed by atoms with van der Waals surface area (Å²) < 4.78 is 34.8. The third kappa shape index (κ3) is 8.53. The third-order valence-corrected chi connectivity index (χ3v) is 10.7. The topological polar surface area (TPSA) is 96.0 Å². The van der Waals surface area contributed by atoms with E-state index in [4.69, 9.17) is 16.3 Å². The minimum Gasteiger partial charge on any atom is -0.497 e. The number of anilines is 1.